The van der Waals surface area contributed by atoms with Gasteiger partial charge in [-0.05, 0) is 37.3 Å². The highest BCUT2D eigenvalue weighted by atomic mass is 35.5. The molecule has 2 aliphatic heterocycles. The molecule has 0 radical (unpaired) electrons. The van der Waals surface area contributed by atoms with Crippen molar-refractivity contribution < 1.29 is 22.3 Å². The van der Waals surface area contributed by atoms with Crippen molar-refractivity contribution in [3.05, 3.63) is 82.8 Å². The molecule has 1 aromatic carbocycles. The van der Waals surface area contributed by atoms with Crippen molar-refractivity contribution in [2.45, 2.75) is 23.1 Å². The van der Waals surface area contributed by atoms with Gasteiger partial charge in [-0.1, -0.05) is 30.3 Å². The van der Waals surface area contributed by atoms with Crippen LogP contribution in [0.25, 0.3) is 28.0 Å². The molecule has 0 saturated carbocycles. The standard InChI is InChI=1S/C29H26ClFN6O5S/c1-3-25(38)35-10-11-36(17(2)14-35)27-20-12-21(30)26(19-6-4-5-7-22(19)31)33-28(20)37(29(39)34-27)23-13-32-9-8-24(23)43(40,41)18-15-42-16-18/h3-9,12-13,17-18H,1,10-11,14-16H2,2H3/t17-/m0/s1. The first-order valence-corrected chi connectivity index (χ1v) is 15.4. The minimum atomic E-state index is -3.92. The maximum absolute atomic E-state index is 14.9. The molecule has 14 heteroatoms. The van der Waals surface area contributed by atoms with Crippen molar-refractivity contribution in [3.63, 3.8) is 0 Å². The number of halogens is 2. The highest BCUT2D eigenvalue weighted by Crippen LogP contribution is 2.36. The van der Waals surface area contributed by atoms with Crippen LogP contribution in [-0.4, -0.2) is 82.9 Å². The van der Waals surface area contributed by atoms with Crippen LogP contribution >= 0.6 is 11.6 Å². The van der Waals surface area contributed by atoms with Crippen LogP contribution < -0.4 is 10.6 Å². The largest absolute Gasteiger partial charge is 0.379 e. The minimum Gasteiger partial charge on any atom is -0.379 e. The number of aromatic nitrogens is 4. The Morgan fingerprint density at radius 1 is 1.19 bits per heavy atom. The van der Waals surface area contributed by atoms with Crippen molar-refractivity contribution in [2.75, 3.05) is 37.7 Å². The number of anilines is 1. The van der Waals surface area contributed by atoms with Gasteiger partial charge in [-0.2, -0.15) is 4.98 Å². The molecule has 222 valence electrons. The molecule has 43 heavy (non-hydrogen) atoms. The van der Waals surface area contributed by atoms with E-state index >= 15 is 0 Å². The lowest BCUT2D eigenvalue weighted by Crippen LogP contribution is -2.54. The fraction of sp³-hybridized carbons (Fsp3) is 0.276. The summed E-state index contributed by atoms with van der Waals surface area (Å²) in [5, 5.41) is -0.349. The topological polar surface area (TPSA) is 128 Å². The second-order valence-corrected chi connectivity index (χ2v) is 12.9. The van der Waals surface area contributed by atoms with Gasteiger partial charge in [0.1, 0.15) is 16.9 Å². The van der Waals surface area contributed by atoms with E-state index in [0.29, 0.717) is 25.0 Å². The third-order valence-electron chi connectivity index (χ3n) is 7.67. The molecular formula is C29H26ClFN6O5S. The number of carbonyl (C=O) groups is 1. The summed E-state index contributed by atoms with van der Waals surface area (Å²) in [4.78, 5) is 42.7. The van der Waals surface area contributed by atoms with Crippen molar-refractivity contribution in [1.29, 1.82) is 0 Å². The number of fused-ring (bicyclic) bond motifs is 1. The molecule has 4 aromatic rings. The number of pyridine rings is 2. The zero-order valence-electron chi connectivity index (χ0n) is 23.0. The molecule has 1 atom stereocenters. The summed E-state index contributed by atoms with van der Waals surface area (Å²) < 4.78 is 48.2. The molecule has 5 heterocycles. The van der Waals surface area contributed by atoms with Crippen molar-refractivity contribution in [3.8, 4) is 16.9 Å². The van der Waals surface area contributed by atoms with Gasteiger partial charge in [0, 0.05) is 37.4 Å². The number of ether oxygens (including phenoxy) is 1. The molecule has 2 saturated heterocycles. The van der Waals surface area contributed by atoms with E-state index in [9.17, 15) is 22.4 Å². The first-order chi connectivity index (χ1) is 20.6. The lowest BCUT2D eigenvalue weighted by molar-refractivity contribution is -0.126. The number of benzene rings is 1. The molecule has 0 aliphatic carbocycles. The quantitative estimate of drug-likeness (QED) is 0.297. The van der Waals surface area contributed by atoms with Crippen LogP contribution in [0.2, 0.25) is 5.02 Å². The summed E-state index contributed by atoms with van der Waals surface area (Å²) in [7, 11) is -3.92. The van der Waals surface area contributed by atoms with Crippen molar-refractivity contribution >= 4 is 44.2 Å². The Kier molecular flexibility index (Phi) is 7.48. The first kappa shape index (κ1) is 28.9. The number of hydrogen-bond acceptors (Lipinski definition) is 9. The Morgan fingerprint density at radius 3 is 2.63 bits per heavy atom. The lowest BCUT2D eigenvalue weighted by atomic mass is 10.1. The van der Waals surface area contributed by atoms with Gasteiger partial charge >= 0.3 is 5.69 Å². The molecule has 0 spiro atoms. The van der Waals surface area contributed by atoms with Crippen molar-refractivity contribution in [2.24, 2.45) is 0 Å². The number of piperazine rings is 1. The Hall–Kier alpha value is -4.20. The summed E-state index contributed by atoms with van der Waals surface area (Å²) in [6.07, 6.45) is 3.84. The number of sulfone groups is 1. The normalized spacial score (nSPS) is 17.6. The van der Waals surface area contributed by atoms with E-state index in [-0.39, 0.29) is 63.5 Å². The maximum Gasteiger partial charge on any atom is 0.355 e. The smallest absolute Gasteiger partial charge is 0.355 e. The van der Waals surface area contributed by atoms with E-state index < -0.39 is 26.6 Å². The summed E-state index contributed by atoms with van der Waals surface area (Å²) in [5.41, 5.74) is -0.686. The molecule has 0 unspecified atom stereocenters. The van der Waals surface area contributed by atoms with E-state index in [1.54, 1.807) is 17.0 Å². The van der Waals surface area contributed by atoms with Crippen LogP contribution in [0.5, 0.6) is 0 Å². The second-order valence-electron chi connectivity index (χ2n) is 10.3. The SMILES string of the molecule is C=CC(=O)N1CCN(c2nc(=O)n(-c3cnccc3S(=O)(=O)C3COC3)c3nc(-c4ccccc4F)c(Cl)cc23)[C@@H](C)C1. The molecule has 0 N–H and O–H groups in total. The van der Waals surface area contributed by atoms with Gasteiger partial charge in [-0.25, -0.2) is 27.2 Å². The van der Waals surface area contributed by atoms with Crippen LogP contribution in [0.15, 0.2) is 71.1 Å². The molecule has 1 amide bonds. The molecule has 2 fully saturated rings. The molecule has 11 nitrogen and oxygen atoms in total. The van der Waals surface area contributed by atoms with E-state index in [0.717, 1.165) is 4.57 Å². The number of amides is 1. The number of carbonyl (C=O) groups excluding carboxylic acids is 1. The fourth-order valence-electron chi connectivity index (χ4n) is 5.34. The molecule has 3 aromatic heterocycles. The van der Waals surface area contributed by atoms with Crippen LogP contribution in [0.1, 0.15) is 6.92 Å². The summed E-state index contributed by atoms with van der Waals surface area (Å²) >= 11 is 6.70. The van der Waals surface area contributed by atoms with Gasteiger partial charge in [0.25, 0.3) is 0 Å². The average molecular weight is 625 g/mol. The number of rotatable bonds is 6. The van der Waals surface area contributed by atoms with E-state index in [1.807, 2.05) is 11.8 Å². The predicted molar refractivity (Wildman–Crippen MR) is 159 cm³/mol. The Labute approximate surface area is 251 Å². The zero-order valence-corrected chi connectivity index (χ0v) is 24.6. The zero-order chi connectivity index (χ0) is 30.5. The Balaban J connectivity index is 1.61. The third-order valence-corrected chi connectivity index (χ3v) is 10.1. The van der Waals surface area contributed by atoms with Crippen LogP contribution in [-0.2, 0) is 19.4 Å². The van der Waals surface area contributed by atoms with Gasteiger partial charge in [0.2, 0.25) is 5.91 Å². The Morgan fingerprint density at radius 2 is 1.95 bits per heavy atom. The monoisotopic (exact) mass is 624 g/mol. The van der Waals surface area contributed by atoms with Gasteiger partial charge < -0.3 is 14.5 Å². The summed E-state index contributed by atoms with van der Waals surface area (Å²) in [6, 6.07) is 8.53. The molecule has 2 aliphatic rings. The van der Waals surface area contributed by atoms with E-state index in [4.69, 9.17) is 16.3 Å². The highest BCUT2D eigenvalue weighted by molar-refractivity contribution is 7.92. The van der Waals surface area contributed by atoms with Gasteiger partial charge in [0.15, 0.2) is 15.5 Å². The summed E-state index contributed by atoms with van der Waals surface area (Å²) in [5.74, 6) is -0.531. The third kappa shape index (κ3) is 4.96. The lowest BCUT2D eigenvalue weighted by Gasteiger charge is -2.40. The molecule has 0 bridgehead atoms. The second kappa shape index (κ2) is 11.1. The number of nitrogens with zero attached hydrogens (tertiary/aromatic N) is 6. The maximum atomic E-state index is 14.9. The van der Waals surface area contributed by atoms with Gasteiger partial charge in [-0.15, -0.1) is 0 Å². The highest BCUT2D eigenvalue weighted by Gasteiger charge is 2.37. The van der Waals surface area contributed by atoms with Crippen LogP contribution in [0, 0.1) is 5.82 Å². The van der Waals surface area contributed by atoms with Crippen LogP contribution in [0.3, 0.4) is 0 Å². The number of hydrogen-bond donors (Lipinski definition) is 0. The van der Waals surface area contributed by atoms with Gasteiger partial charge in [-0.3, -0.25) is 9.78 Å². The van der Waals surface area contributed by atoms with Gasteiger partial charge in [0.05, 0.1) is 46.1 Å². The average Bonchev–Trinajstić information content (AvgIpc) is 2.95. The van der Waals surface area contributed by atoms with Crippen molar-refractivity contribution in [1.82, 2.24) is 24.4 Å². The first-order valence-electron chi connectivity index (χ1n) is 13.4. The van der Waals surface area contributed by atoms with E-state index in [2.05, 4.69) is 21.5 Å². The summed E-state index contributed by atoms with van der Waals surface area (Å²) in [6.45, 7) is 6.54. The Bertz CT molecular complexity index is 1950. The predicted octanol–water partition coefficient (Wildman–Crippen LogP) is 3.03. The van der Waals surface area contributed by atoms with E-state index in [1.165, 1.54) is 42.7 Å². The molecule has 6 rings (SSSR count). The van der Waals surface area contributed by atoms with Crippen LogP contribution in [0.4, 0.5) is 10.2 Å². The fourth-order valence-corrected chi connectivity index (χ4v) is 7.19. The minimum absolute atomic E-state index is 0.0174. The molecular weight excluding hydrogens is 599 g/mol.